The quantitative estimate of drug-likeness (QED) is 0.847. The molecule has 1 fully saturated rings. The molecule has 0 aromatic heterocycles. The Morgan fingerprint density at radius 3 is 2.25 bits per heavy atom. The van der Waals surface area contributed by atoms with Crippen LogP contribution in [0.25, 0.3) is 0 Å². The summed E-state index contributed by atoms with van der Waals surface area (Å²) in [5.41, 5.74) is 0.689. The topological polar surface area (TPSA) is 60.9 Å². The maximum atomic E-state index is 12.3. The van der Waals surface area contributed by atoms with Crippen LogP contribution in [0.3, 0.4) is 0 Å². The normalized spacial score (nSPS) is 16.1. The van der Waals surface area contributed by atoms with E-state index in [1.54, 1.807) is 16.7 Å². The van der Waals surface area contributed by atoms with Crippen molar-refractivity contribution in [2.45, 2.75) is 4.90 Å². The molecule has 20 heavy (non-hydrogen) atoms. The Morgan fingerprint density at radius 2 is 1.75 bits per heavy atom. The van der Waals surface area contributed by atoms with Crippen LogP contribution in [0.2, 0.25) is 0 Å². The number of nitrogens with zero attached hydrogens (tertiary/aromatic N) is 2. The maximum absolute atomic E-state index is 12.3. The molecule has 1 heterocycles. The Bertz CT molecular complexity index is 482. The molecule has 0 spiro atoms. The van der Waals surface area contributed by atoms with Gasteiger partial charge in [0.2, 0.25) is 0 Å². The Hall–Kier alpha value is -1.53. The van der Waals surface area contributed by atoms with Gasteiger partial charge in [-0.15, -0.1) is 11.8 Å². The van der Waals surface area contributed by atoms with E-state index in [0.717, 1.165) is 4.90 Å². The van der Waals surface area contributed by atoms with Crippen LogP contribution < -0.4 is 0 Å². The molecule has 1 aromatic rings. The largest absolute Gasteiger partial charge is 0.480 e. The standard InChI is InChI=1S/C14H18N2O3S/c1-20-12-4-2-11(3-5-12)14(19)16-8-6-15(7-9-16)10-13(17)18/h2-5H,6-10H2,1H3,(H,17,18). The van der Waals surface area contributed by atoms with Gasteiger partial charge in [0.1, 0.15) is 0 Å². The van der Waals surface area contributed by atoms with E-state index < -0.39 is 5.97 Å². The van der Waals surface area contributed by atoms with Crippen LogP contribution in [0.5, 0.6) is 0 Å². The van der Waals surface area contributed by atoms with E-state index in [1.165, 1.54) is 0 Å². The lowest BCUT2D eigenvalue weighted by molar-refractivity contribution is -0.138. The highest BCUT2D eigenvalue weighted by Crippen LogP contribution is 2.16. The van der Waals surface area contributed by atoms with Crippen molar-refractivity contribution in [2.24, 2.45) is 0 Å². The fourth-order valence-corrected chi connectivity index (χ4v) is 2.62. The van der Waals surface area contributed by atoms with Crippen molar-refractivity contribution in [3.8, 4) is 0 Å². The van der Waals surface area contributed by atoms with Crippen LogP contribution in [0.1, 0.15) is 10.4 Å². The third-order valence-electron chi connectivity index (χ3n) is 3.36. The number of carboxylic acid groups (broad SMARTS) is 1. The second kappa shape index (κ2) is 6.76. The molecule has 6 heteroatoms. The van der Waals surface area contributed by atoms with Crippen LogP contribution in [-0.4, -0.2) is 65.8 Å². The van der Waals surface area contributed by atoms with Gasteiger partial charge in [-0.05, 0) is 30.5 Å². The van der Waals surface area contributed by atoms with Gasteiger partial charge >= 0.3 is 5.97 Å². The average molecular weight is 294 g/mol. The highest BCUT2D eigenvalue weighted by molar-refractivity contribution is 7.98. The van der Waals surface area contributed by atoms with Gasteiger partial charge in [-0.3, -0.25) is 14.5 Å². The lowest BCUT2D eigenvalue weighted by Gasteiger charge is -2.33. The Morgan fingerprint density at radius 1 is 1.15 bits per heavy atom. The number of rotatable bonds is 4. The highest BCUT2D eigenvalue weighted by Gasteiger charge is 2.22. The second-order valence-electron chi connectivity index (χ2n) is 4.69. The summed E-state index contributed by atoms with van der Waals surface area (Å²) in [4.78, 5) is 27.7. The first-order valence-electron chi connectivity index (χ1n) is 6.47. The maximum Gasteiger partial charge on any atom is 0.317 e. The zero-order valence-electron chi connectivity index (χ0n) is 11.4. The predicted octanol–water partition coefficient (Wildman–Crippen LogP) is 1.25. The minimum absolute atomic E-state index is 0.0210. The van der Waals surface area contributed by atoms with Gasteiger partial charge in [-0.1, -0.05) is 0 Å². The molecule has 0 unspecified atom stereocenters. The van der Waals surface area contributed by atoms with Crippen LogP contribution in [0.4, 0.5) is 0 Å². The molecule has 0 atom stereocenters. The molecular formula is C14H18N2O3S. The van der Waals surface area contributed by atoms with Crippen molar-refractivity contribution >= 4 is 23.6 Å². The third kappa shape index (κ3) is 3.74. The zero-order valence-corrected chi connectivity index (χ0v) is 12.2. The fourth-order valence-electron chi connectivity index (χ4n) is 2.22. The van der Waals surface area contributed by atoms with Crippen molar-refractivity contribution in [3.63, 3.8) is 0 Å². The first kappa shape index (κ1) is 14.9. The van der Waals surface area contributed by atoms with Gasteiger partial charge in [0.05, 0.1) is 6.54 Å². The van der Waals surface area contributed by atoms with Gasteiger partial charge in [-0.2, -0.15) is 0 Å². The first-order chi connectivity index (χ1) is 9.60. The zero-order chi connectivity index (χ0) is 14.5. The van der Waals surface area contributed by atoms with Gasteiger partial charge in [0.25, 0.3) is 5.91 Å². The number of carbonyl (C=O) groups excluding carboxylic acids is 1. The summed E-state index contributed by atoms with van der Waals surface area (Å²) in [5.74, 6) is -0.801. The summed E-state index contributed by atoms with van der Waals surface area (Å²) in [5, 5.41) is 8.74. The second-order valence-corrected chi connectivity index (χ2v) is 5.57. The number of amides is 1. The SMILES string of the molecule is CSc1ccc(C(=O)N2CCN(CC(=O)O)CC2)cc1. The molecule has 1 amide bonds. The smallest absolute Gasteiger partial charge is 0.317 e. The molecule has 1 aromatic carbocycles. The molecule has 1 aliphatic rings. The van der Waals surface area contributed by atoms with Crippen LogP contribution >= 0.6 is 11.8 Å². The number of carbonyl (C=O) groups is 2. The van der Waals surface area contributed by atoms with E-state index in [-0.39, 0.29) is 12.5 Å². The molecule has 1 saturated heterocycles. The number of carboxylic acids is 1. The predicted molar refractivity (Wildman–Crippen MR) is 78.2 cm³/mol. The minimum atomic E-state index is -0.822. The lowest BCUT2D eigenvalue weighted by atomic mass is 10.2. The van der Waals surface area contributed by atoms with E-state index in [9.17, 15) is 9.59 Å². The molecule has 1 N–H and O–H groups in total. The summed E-state index contributed by atoms with van der Waals surface area (Å²) < 4.78 is 0. The van der Waals surface area contributed by atoms with E-state index in [2.05, 4.69) is 0 Å². The molecule has 1 aliphatic heterocycles. The molecule has 5 nitrogen and oxygen atoms in total. The Labute approximate surface area is 122 Å². The highest BCUT2D eigenvalue weighted by atomic mass is 32.2. The lowest BCUT2D eigenvalue weighted by Crippen LogP contribution is -2.49. The third-order valence-corrected chi connectivity index (χ3v) is 4.10. The van der Waals surface area contributed by atoms with E-state index >= 15 is 0 Å². The average Bonchev–Trinajstić information content (AvgIpc) is 2.47. The van der Waals surface area contributed by atoms with Gasteiger partial charge < -0.3 is 10.0 Å². The number of aliphatic carboxylic acids is 1. The first-order valence-corrected chi connectivity index (χ1v) is 7.70. The summed E-state index contributed by atoms with van der Waals surface area (Å²) in [6.07, 6.45) is 2.00. The van der Waals surface area contributed by atoms with Crippen LogP contribution in [-0.2, 0) is 4.79 Å². The van der Waals surface area contributed by atoms with Gasteiger partial charge in [0, 0.05) is 36.6 Å². The molecule has 0 saturated carbocycles. The summed E-state index contributed by atoms with van der Waals surface area (Å²) in [7, 11) is 0. The van der Waals surface area contributed by atoms with E-state index in [4.69, 9.17) is 5.11 Å². The van der Waals surface area contributed by atoms with E-state index in [1.807, 2.05) is 35.4 Å². The molecule has 2 rings (SSSR count). The summed E-state index contributed by atoms with van der Waals surface area (Å²) in [6.45, 7) is 2.43. The number of hydrogen-bond acceptors (Lipinski definition) is 4. The number of hydrogen-bond donors (Lipinski definition) is 1. The van der Waals surface area contributed by atoms with Gasteiger partial charge in [0.15, 0.2) is 0 Å². The summed E-state index contributed by atoms with van der Waals surface area (Å²) >= 11 is 1.64. The fraction of sp³-hybridized carbons (Fsp3) is 0.429. The molecule has 0 radical (unpaired) electrons. The minimum Gasteiger partial charge on any atom is -0.480 e. The summed E-state index contributed by atoms with van der Waals surface area (Å²) in [6, 6.07) is 7.58. The molecular weight excluding hydrogens is 276 g/mol. The van der Waals surface area contributed by atoms with Crippen LogP contribution in [0.15, 0.2) is 29.2 Å². The van der Waals surface area contributed by atoms with Crippen LogP contribution in [0, 0.1) is 0 Å². The molecule has 108 valence electrons. The number of piperazine rings is 1. The van der Waals surface area contributed by atoms with E-state index in [0.29, 0.717) is 31.7 Å². The van der Waals surface area contributed by atoms with Crippen molar-refractivity contribution in [2.75, 3.05) is 39.0 Å². The Balaban J connectivity index is 1.92. The van der Waals surface area contributed by atoms with Crippen molar-refractivity contribution < 1.29 is 14.7 Å². The Kier molecular flexibility index (Phi) is 5.03. The monoisotopic (exact) mass is 294 g/mol. The molecule has 0 bridgehead atoms. The number of benzene rings is 1. The molecule has 0 aliphatic carbocycles. The number of thioether (sulfide) groups is 1. The van der Waals surface area contributed by atoms with Gasteiger partial charge in [-0.25, -0.2) is 0 Å². The van der Waals surface area contributed by atoms with Crippen molar-refractivity contribution in [1.29, 1.82) is 0 Å². The van der Waals surface area contributed by atoms with Crippen molar-refractivity contribution in [3.05, 3.63) is 29.8 Å². The van der Waals surface area contributed by atoms with Crippen molar-refractivity contribution in [1.82, 2.24) is 9.80 Å².